The molecule has 33 heavy (non-hydrogen) atoms. The van der Waals surface area contributed by atoms with E-state index in [1.165, 1.54) is 0 Å². The minimum Gasteiger partial charge on any atom is -0.486 e. The van der Waals surface area contributed by atoms with Gasteiger partial charge in [0, 0.05) is 29.6 Å². The van der Waals surface area contributed by atoms with Gasteiger partial charge in [-0.2, -0.15) is 0 Å². The van der Waals surface area contributed by atoms with Crippen molar-refractivity contribution in [3.05, 3.63) is 65.7 Å². The first-order valence-electron chi connectivity index (χ1n) is 11.3. The van der Waals surface area contributed by atoms with Crippen LogP contribution in [0.2, 0.25) is 5.02 Å². The van der Waals surface area contributed by atoms with Crippen molar-refractivity contribution < 1.29 is 17.9 Å². The molecule has 0 saturated carbocycles. The number of nitrogens with one attached hydrogen (secondary N) is 1. The van der Waals surface area contributed by atoms with Crippen LogP contribution in [-0.4, -0.2) is 52.2 Å². The van der Waals surface area contributed by atoms with Crippen LogP contribution in [0.3, 0.4) is 0 Å². The van der Waals surface area contributed by atoms with Crippen LogP contribution in [0.4, 0.5) is 0 Å². The van der Waals surface area contributed by atoms with Crippen molar-refractivity contribution in [1.82, 2.24) is 9.62 Å². The first kappa shape index (κ1) is 22.5. The number of ether oxygens (including phenoxy) is 2. The van der Waals surface area contributed by atoms with Crippen molar-refractivity contribution in [2.45, 2.75) is 23.8 Å². The summed E-state index contributed by atoms with van der Waals surface area (Å²) in [7, 11) is -3.57. The van der Waals surface area contributed by atoms with Gasteiger partial charge in [0.05, 0.1) is 4.90 Å². The average Bonchev–Trinajstić information content (AvgIpc) is 2.83. The molecular formula is C25H27ClN2O4S. The van der Waals surface area contributed by atoms with E-state index < -0.39 is 10.0 Å². The second-order valence-corrected chi connectivity index (χ2v) is 10.9. The third-order valence-corrected chi connectivity index (χ3v) is 8.11. The standard InChI is InChI=1S/C25H27ClN2O4S/c26-20-8-9-23-24(14-20)32-21(17-31-23)16-28-12-10-18(11-13-28)15-27-33(29,30)25-7-3-5-19-4-1-2-6-22(19)25/h1-9,14,18,21,27H,10-13,15-17H2/t21-/m0/s1. The van der Waals surface area contributed by atoms with Crippen molar-refractivity contribution in [2.24, 2.45) is 5.92 Å². The molecule has 5 rings (SSSR count). The Morgan fingerprint density at radius 3 is 2.64 bits per heavy atom. The first-order chi connectivity index (χ1) is 16.0. The predicted octanol–water partition coefficient (Wildman–Crippen LogP) is 4.32. The van der Waals surface area contributed by atoms with Gasteiger partial charge in [-0.25, -0.2) is 13.1 Å². The number of halogens is 1. The Bertz CT molecular complexity index is 1240. The van der Waals surface area contributed by atoms with E-state index >= 15 is 0 Å². The topological polar surface area (TPSA) is 67.9 Å². The smallest absolute Gasteiger partial charge is 0.241 e. The molecule has 1 atom stereocenters. The van der Waals surface area contributed by atoms with Gasteiger partial charge in [0.1, 0.15) is 12.7 Å². The number of hydrogen-bond donors (Lipinski definition) is 1. The molecule has 8 heteroatoms. The second-order valence-electron chi connectivity index (χ2n) is 8.72. The molecule has 0 radical (unpaired) electrons. The fraction of sp³-hybridized carbons (Fsp3) is 0.360. The van der Waals surface area contributed by atoms with E-state index in [0.717, 1.165) is 49.0 Å². The van der Waals surface area contributed by atoms with Crippen LogP contribution in [-0.2, 0) is 10.0 Å². The predicted molar refractivity (Wildman–Crippen MR) is 130 cm³/mol. The Balaban J connectivity index is 1.13. The van der Waals surface area contributed by atoms with Crippen LogP contribution in [0.5, 0.6) is 11.5 Å². The van der Waals surface area contributed by atoms with Crippen LogP contribution >= 0.6 is 11.6 Å². The monoisotopic (exact) mass is 486 g/mol. The molecule has 0 aromatic heterocycles. The number of nitrogens with zero attached hydrogens (tertiary/aromatic N) is 1. The summed E-state index contributed by atoms with van der Waals surface area (Å²) in [6.07, 6.45) is 1.83. The minimum atomic E-state index is -3.57. The highest BCUT2D eigenvalue weighted by Crippen LogP contribution is 2.34. The molecule has 1 fully saturated rings. The van der Waals surface area contributed by atoms with Crippen LogP contribution in [0.1, 0.15) is 12.8 Å². The van der Waals surface area contributed by atoms with Crippen molar-refractivity contribution in [1.29, 1.82) is 0 Å². The largest absolute Gasteiger partial charge is 0.486 e. The van der Waals surface area contributed by atoms with Gasteiger partial charge in [0.25, 0.3) is 0 Å². The molecule has 0 bridgehead atoms. The van der Waals surface area contributed by atoms with Crippen molar-refractivity contribution in [2.75, 3.05) is 32.8 Å². The lowest BCUT2D eigenvalue weighted by Gasteiger charge is -2.35. The molecule has 3 aromatic carbocycles. The molecule has 0 unspecified atom stereocenters. The van der Waals surface area contributed by atoms with E-state index in [2.05, 4.69) is 9.62 Å². The van der Waals surface area contributed by atoms with Gasteiger partial charge < -0.3 is 9.47 Å². The molecule has 2 heterocycles. The van der Waals surface area contributed by atoms with Crippen LogP contribution < -0.4 is 14.2 Å². The number of piperidine rings is 1. The second kappa shape index (κ2) is 9.50. The molecular weight excluding hydrogens is 460 g/mol. The Kier molecular flexibility index (Phi) is 6.47. The van der Waals surface area contributed by atoms with Gasteiger partial charge in [0.2, 0.25) is 10.0 Å². The minimum absolute atomic E-state index is 0.0441. The number of hydrogen-bond acceptors (Lipinski definition) is 5. The Hall–Kier alpha value is -2.32. The fourth-order valence-corrected chi connectivity index (χ4v) is 6.08. The van der Waals surface area contributed by atoms with Gasteiger partial charge in [-0.1, -0.05) is 48.0 Å². The highest BCUT2D eigenvalue weighted by Gasteiger charge is 2.27. The lowest BCUT2D eigenvalue weighted by atomic mass is 9.97. The lowest BCUT2D eigenvalue weighted by molar-refractivity contribution is 0.0481. The summed E-state index contributed by atoms with van der Waals surface area (Å²) < 4.78 is 40.7. The van der Waals surface area contributed by atoms with E-state index in [4.69, 9.17) is 21.1 Å². The van der Waals surface area contributed by atoms with Gasteiger partial charge in [-0.15, -0.1) is 0 Å². The maximum Gasteiger partial charge on any atom is 0.241 e. The van der Waals surface area contributed by atoms with E-state index in [1.807, 2.05) is 36.4 Å². The van der Waals surface area contributed by atoms with Gasteiger partial charge in [-0.05, 0) is 55.4 Å². The number of rotatable bonds is 6. The maximum atomic E-state index is 13.0. The summed E-state index contributed by atoms with van der Waals surface area (Å²) >= 11 is 6.07. The van der Waals surface area contributed by atoms with Crippen molar-refractivity contribution in [3.8, 4) is 11.5 Å². The average molecular weight is 487 g/mol. The molecule has 1 N–H and O–H groups in total. The molecule has 6 nitrogen and oxygen atoms in total. The molecule has 0 spiro atoms. The molecule has 2 aliphatic rings. The van der Waals surface area contributed by atoms with E-state index in [-0.39, 0.29) is 6.10 Å². The zero-order chi connectivity index (χ0) is 22.8. The lowest BCUT2D eigenvalue weighted by Crippen LogP contribution is -2.45. The van der Waals surface area contributed by atoms with Gasteiger partial charge >= 0.3 is 0 Å². The van der Waals surface area contributed by atoms with Gasteiger partial charge in [0.15, 0.2) is 11.5 Å². The maximum absolute atomic E-state index is 13.0. The summed E-state index contributed by atoms with van der Waals surface area (Å²) in [6, 6.07) is 18.4. The zero-order valence-electron chi connectivity index (χ0n) is 18.2. The quantitative estimate of drug-likeness (QED) is 0.562. The SMILES string of the molecule is O=S(=O)(NCC1CCN(C[C@H]2COc3ccc(Cl)cc3O2)CC1)c1cccc2ccccc12. The van der Waals surface area contributed by atoms with E-state index in [9.17, 15) is 8.42 Å². The highest BCUT2D eigenvalue weighted by atomic mass is 35.5. The molecule has 174 valence electrons. The van der Waals surface area contributed by atoms with Crippen LogP contribution in [0.25, 0.3) is 10.8 Å². The van der Waals surface area contributed by atoms with Crippen molar-refractivity contribution >= 4 is 32.4 Å². The summed E-state index contributed by atoms with van der Waals surface area (Å²) in [6.45, 7) is 3.56. The summed E-state index contributed by atoms with van der Waals surface area (Å²) in [5.74, 6) is 1.73. The Morgan fingerprint density at radius 2 is 1.79 bits per heavy atom. The van der Waals surface area contributed by atoms with E-state index in [0.29, 0.717) is 34.7 Å². The van der Waals surface area contributed by atoms with Gasteiger partial charge in [-0.3, -0.25) is 4.90 Å². The normalized spacial score (nSPS) is 19.6. The molecule has 1 saturated heterocycles. The van der Waals surface area contributed by atoms with E-state index in [1.54, 1.807) is 24.3 Å². The molecule has 0 amide bonds. The third kappa shape index (κ3) is 5.11. The third-order valence-electron chi connectivity index (χ3n) is 6.39. The van der Waals surface area contributed by atoms with Crippen molar-refractivity contribution in [3.63, 3.8) is 0 Å². The summed E-state index contributed by atoms with van der Waals surface area (Å²) in [4.78, 5) is 2.70. The summed E-state index contributed by atoms with van der Waals surface area (Å²) in [5, 5.41) is 2.30. The van der Waals surface area contributed by atoms with Crippen LogP contribution in [0, 0.1) is 5.92 Å². The number of benzene rings is 3. The Labute approximate surface area is 199 Å². The molecule has 3 aromatic rings. The number of likely N-dealkylation sites (tertiary alicyclic amines) is 1. The zero-order valence-corrected chi connectivity index (χ0v) is 19.8. The molecule has 0 aliphatic carbocycles. The molecule has 2 aliphatic heterocycles. The van der Waals surface area contributed by atoms with Crippen LogP contribution in [0.15, 0.2) is 65.6 Å². The fourth-order valence-electron chi connectivity index (χ4n) is 4.58. The first-order valence-corrected chi connectivity index (χ1v) is 13.1. The highest BCUT2D eigenvalue weighted by molar-refractivity contribution is 7.89. The summed E-state index contributed by atoms with van der Waals surface area (Å²) in [5.41, 5.74) is 0. The number of sulfonamides is 1. The Morgan fingerprint density at radius 1 is 1.00 bits per heavy atom. The number of fused-ring (bicyclic) bond motifs is 2.